The smallest absolute Gasteiger partial charge is 0.0963 e. The van der Waals surface area contributed by atoms with Gasteiger partial charge in [-0.1, -0.05) is 122 Å². The third-order valence-electron chi connectivity index (χ3n) is 10.8. The number of hydrogen-bond acceptors (Lipinski definition) is 2. The molecule has 4 heteroatoms. The molecule has 10 rings (SSSR count). The Labute approximate surface area is 331 Å². The molecule has 6 aromatic carbocycles. The van der Waals surface area contributed by atoms with Crippen LogP contribution in [0, 0.1) is 0 Å². The van der Waals surface area contributed by atoms with Gasteiger partial charge in [-0.25, -0.2) is 4.98 Å². The fourth-order valence-electron chi connectivity index (χ4n) is 8.23. The first-order valence-electron chi connectivity index (χ1n) is 19.3. The highest BCUT2D eigenvalue weighted by Gasteiger charge is 2.17. The number of para-hydroxylation sites is 1. The summed E-state index contributed by atoms with van der Waals surface area (Å²) in [5, 5.41) is 3.54. The predicted molar refractivity (Wildman–Crippen MR) is 240 cm³/mol. The number of pyridine rings is 2. The summed E-state index contributed by atoms with van der Waals surface area (Å²) in [6, 6.07) is 60.6. The summed E-state index contributed by atoms with van der Waals surface area (Å²) in [7, 11) is 0. The number of fused-ring (bicyclic) bond motifs is 6. The Bertz CT molecular complexity index is 3120. The van der Waals surface area contributed by atoms with E-state index in [0.717, 1.165) is 78.0 Å². The summed E-state index contributed by atoms with van der Waals surface area (Å²) in [6.07, 6.45) is 9.94. The maximum absolute atomic E-state index is 5.17. The van der Waals surface area contributed by atoms with E-state index >= 15 is 0 Å². The molecule has 0 aliphatic rings. The summed E-state index contributed by atoms with van der Waals surface area (Å²) in [4.78, 5) is 9.96. The number of hydrogen-bond donors (Lipinski definition) is 0. The molecule has 0 fully saturated rings. The number of benzene rings is 6. The van der Waals surface area contributed by atoms with Crippen molar-refractivity contribution in [2.24, 2.45) is 0 Å². The third-order valence-corrected chi connectivity index (χ3v) is 10.8. The Balaban J connectivity index is 1.08. The van der Waals surface area contributed by atoms with Crippen LogP contribution < -0.4 is 0 Å². The summed E-state index contributed by atoms with van der Waals surface area (Å²) < 4.78 is 4.66. The lowest BCUT2D eigenvalue weighted by Gasteiger charge is -2.12. The van der Waals surface area contributed by atoms with Crippen LogP contribution in [0.2, 0.25) is 0 Å². The van der Waals surface area contributed by atoms with Gasteiger partial charge in [0.15, 0.2) is 0 Å². The van der Waals surface area contributed by atoms with Crippen LogP contribution in [0.4, 0.5) is 0 Å². The van der Waals surface area contributed by atoms with Gasteiger partial charge in [0.2, 0.25) is 0 Å². The Morgan fingerprint density at radius 3 is 1.89 bits per heavy atom. The molecule has 4 nitrogen and oxygen atoms in total. The molecular weight excluding hydrogens is 693 g/mol. The molecule has 0 saturated heterocycles. The molecule has 10 aromatic rings. The number of aromatic nitrogens is 4. The molecule has 0 aliphatic carbocycles. The zero-order valence-corrected chi connectivity index (χ0v) is 31.5. The zero-order valence-electron chi connectivity index (χ0n) is 31.5. The molecule has 0 saturated carbocycles. The van der Waals surface area contributed by atoms with Gasteiger partial charge in [-0.3, -0.25) is 4.98 Å². The second kappa shape index (κ2) is 14.3. The van der Waals surface area contributed by atoms with E-state index in [-0.39, 0.29) is 0 Å². The lowest BCUT2D eigenvalue weighted by atomic mass is 10.00. The fraction of sp³-hybridized carbons (Fsp3) is 0.0189. The first-order chi connectivity index (χ1) is 28.2. The summed E-state index contributed by atoms with van der Waals surface area (Å²) in [5.41, 5.74) is 16.3. The zero-order chi connectivity index (χ0) is 38.3. The predicted octanol–water partition coefficient (Wildman–Crippen LogP) is 14.0. The van der Waals surface area contributed by atoms with E-state index in [1.807, 2.05) is 37.4 Å². The van der Waals surface area contributed by atoms with Crippen molar-refractivity contribution >= 4 is 49.4 Å². The second-order valence-corrected chi connectivity index (χ2v) is 14.3. The van der Waals surface area contributed by atoms with Gasteiger partial charge in [0.1, 0.15) is 0 Å². The van der Waals surface area contributed by atoms with E-state index in [2.05, 4.69) is 186 Å². The van der Waals surface area contributed by atoms with Gasteiger partial charge in [0.05, 0.1) is 39.0 Å². The van der Waals surface area contributed by atoms with Gasteiger partial charge < -0.3 is 9.13 Å². The van der Waals surface area contributed by atoms with Crippen molar-refractivity contribution in [1.29, 1.82) is 0 Å². The minimum absolute atomic E-state index is 0.943. The molecule has 0 aliphatic heterocycles. The summed E-state index contributed by atoms with van der Waals surface area (Å²) >= 11 is 0. The first-order valence-corrected chi connectivity index (χ1v) is 19.3. The van der Waals surface area contributed by atoms with Gasteiger partial charge in [-0.05, 0) is 108 Å². The Kier molecular flexibility index (Phi) is 8.50. The van der Waals surface area contributed by atoms with Crippen LogP contribution in [0.15, 0.2) is 207 Å². The van der Waals surface area contributed by atoms with Gasteiger partial charge in [0.25, 0.3) is 0 Å². The minimum Gasteiger partial charge on any atom is -0.309 e. The van der Waals surface area contributed by atoms with E-state index in [1.165, 1.54) is 21.9 Å². The van der Waals surface area contributed by atoms with Crippen molar-refractivity contribution in [3.05, 3.63) is 207 Å². The van der Waals surface area contributed by atoms with Crippen molar-refractivity contribution in [2.45, 2.75) is 6.92 Å². The number of nitrogens with zero attached hydrogens (tertiary/aromatic N) is 4. The van der Waals surface area contributed by atoms with Gasteiger partial charge in [-0.15, -0.1) is 0 Å². The lowest BCUT2D eigenvalue weighted by Crippen LogP contribution is -1.95. The maximum Gasteiger partial charge on any atom is 0.0963 e. The Hall–Kier alpha value is -7.56. The van der Waals surface area contributed by atoms with E-state index < -0.39 is 0 Å². The Morgan fingerprint density at radius 2 is 1.14 bits per heavy atom. The molecule has 4 heterocycles. The van der Waals surface area contributed by atoms with Gasteiger partial charge >= 0.3 is 0 Å². The number of rotatable bonds is 8. The highest BCUT2D eigenvalue weighted by atomic mass is 15.0. The van der Waals surface area contributed by atoms with Crippen LogP contribution in [0.1, 0.15) is 6.92 Å². The van der Waals surface area contributed by atoms with E-state index in [1.54, 1.807) is 0 Å². The molecule has 0 atom stereocenters. The molecule has 0 spiro atoms. The fourth-order valence-corrected chi connectivity index (χ4v) is 8.23. The summed E-state index contributed by atoms with van der Waals surface area (Å²) in [6.45, 7) is 6.04. The van der Waals surface area contributed by atoms with Crippen molar-refractivity contribution in [1.82, 2.24) is 19.1 Å². The van der Waals surface area contributed by atoms with Crippen molar-refractivity contribution in [2.75, 3.05) is 0 Å². The van der Waals surface area contributed by atoms with Crippen LogP contribution in [-0.2, 0) is 0 Å². The maximum atomic E-state index is 5.17. The average Bonchev–Trinajstić information content (AvgIpc) is 3.79. The first kappa shape index (κ1) is 34.0. The molecule has 0 unspecified atom stereocenters. The molecular formula is C53H38N4. The molecule has 0 bridgehead atoms. The third kappa shape index (κ3) is 5.96. The quantitative estimate of drug-likeness (QED) is 0.146. The molecule has 270 valence electrons. The largest absolute Gasteiger partial charge is 0.309 e. The Morgan fingerprint density at radius 1 is 0.509 bits per heavy atom. The van der Waals surface area contributed by atoms with Crippen LogP contribution in [0.5, 0.6) is 0 Å². The van der Waals surface area contributed by atoms with E-state index in [9.17, 15) is 0 Å². The molecule has 57 heavy (non-hydrogen) atoms. The molecule has 4 aromatic heterocycles. The topological polar surface area (TPSA) is 35.6 Å². The summed E-state index contributed by atoms with van der Waals surface area (Å²) in [5.74, 6) is 0. The van der Waals surface area contributed by atoms with E-state index in [0.29, 0.717) is 0 Å². The van der Waals surface area contributed by atoms with Crippen LogP contribution in [0.25, 0.3) is 99.9 Å². The van der Waals surface area contributed by atoms with Crippen LogP contribution in [0.3, 0.4) is 0 Å². The van der Waals surface area contributed by atoms with E-state index in [4.69, 9.17) is 9.97 Å². The highest BCUT2D eigenvalue weighted by molar-refractivity contribution is 6.12. The molecule has 0 N–H and O–H groups in total. The van der Waals surface area contributed by atoms with Crippen molar-refractivity contribution < 1.29 is 0 Å². The highest BCUT2D eigenvalue weighted by Crippen LogP contribution is 2.38. The molecule has 0 radical (unpaired) electrons. The van der Waals surface area contributed by atoms with Gasteiger partial charge in [-0.2, -0.15) is 0 Å². The van der Waals surface area contributed by atoms with Gasteiger partial charge in [0, 0.05) is 44.9 Å². The minimum atomic E-state index is 0.943. The van der Waals surface area contributed by atoms with Crippen molar-refractivity contribution in [3.8, 4) is 50.5 Å². The molecule has 0 amide bonds. The lowest BCUT2D eigenvalue weighted by molar-refractivity contribution is 1.18. The van der Waals surface area contributed by atoms with Crippen molar-refractivity contribution in [3.63, 3.8) is 0 Å². The average molecular weight is 731 g/mol. The monoisotopic (exact) mass is 730 g/mol. The standard InChI is InChI=1S/C53H38N4/c1-3-14-42(15-4-2)57-51-22-13-31-54-53(51)45-29-25-40(35-52(45)57)39-26-30-50-46(32-39)44-20-11-12-21-49(44)56(50)43-27-23-38(24-28-43)48-34-41(36-16-7-5-8-17-36)33-47(55-48)37-18-9-6-10-19-37/h3-35H,1H2,2H3/b15-4-,42-14+. The van der Waals surface area contributed by atoms with Crippen LogP contribution >= 0.6 is 0 Å². The second-order valence-electron chi connectivity index (χ2n) is 14.3. The normalized spacial score (nSPS) is 12.1. The van der Waals surface area contributed by atoms with Crippen LogP contribution in [-0.4, -0.2) is 19.1 Å². The number of allylic oxidation sites excluding steroid dienone is 5. The SMILES string of the molecule is C=C/C=C(\C=C/C)n1c2cc(-c3ccc4c(c3)c3ccccc3n4-c3ccc(-c4cc(-c5ccccc5)cc(-c5ccccc5)n4)cc3)ccc2c2ncccc21.